The zero-order valence-electron chi connectivity index (χ0n) is 15.4. The third kappa shape index (κ3) is 3.89. The number of carbonyl (C=O) groups is 1. The van der Waals surface area contributed by atoms with Crippen LogP contribution in [0.25, 0.3) is 5.52 Å². The second kappa shape index (κ2) is 8.13. The Morgan fingerprint density at radius 3 is 2.86 bits per heavy atom. The minimum Gasteiger partial charge on any atom is -0.393 e. The molecule has 6 heteroatoms. The summed E-state index contributed by atoms with van der Waals surface area (Å²) in [5.74, 6) is -0.297. The van der Waals surface area contributed by atoms with Gasteiger partial charge in [0.15, 0.2) is 5.78 Å². The molecule has 28 heavy (non-hydrogen) atoms. The predicted octanol–water partition coefficient (Wildman–Crippen LogP) is 4.95. The highest BCUT2D eigenvalue weighted by atomic mass is 79.9. The van der Waals surface area contributed by atoms with E-state index in [0.29, 0.717) is 23.0 Å². The van der Waals surface area contributed by atoms with Crippen LogP contribution in [0.5, 0.6) is 0 Å². The third-order valence-electron chi connectivity index (χ3n) is 5.60. The van der Waals surface area contributed by atoms with Crippen LogP contribution in [-0.2, 0) is 6.42 Å². The van der Waals surface area contributed by atoms with Crippen LogP contribution in [0.1, 0.15) is 53.7 Å². The summed E-state index contributed by atoms with van der Waals surface area (Å²) >= 11 is 3.18. The normalized spacial score (nSPS) is 19.8. The molecule has 2 aromatic heterocycles. The average Bonchev–Trinajstić information content (AvgIpc) is 3.05. The quantitative estimate of drug-likeness (QED) is 0.566. The van der Waals surface area contributed by atoms with Gasteiger partial charge in [0.1, 0.15) is 11.5 Å². The van der Waals surface area contributed by atoms with E-state index in [1.165, 1.54) is 6.07 Å². The van der Waals surface area contributed by atoms with E-state index in [1.807, 2.05) is 24.3 Å². The van der Waals surface area contributed by atoms with Crippen molar-refractivity contribution in [2.45, 2.75) is 44.6 Å². The molecule has 1 aromatic carbocycles. The summed E-state index contributed by atoms with van der Waals surface area (Å²) in [4.78, 5) is 13.0. The number of hydrogen-bond donors (Lipinski definition) is 1. The summed E-state index contributed by atoms with van der Waals surface area (Å²) in [7, 11) is 0. The first-order valence-electron chi connectivity index (χ1n) is 9.64. The van der Waals surface area contributed by atoms with Crippen LogP contribution in [0.2, 0.25) is 0 Å². The fourth-order valence-corrected chi connectivity index (χ4v) is 4.33. The number of nitrogens with zero attached hydrogens (tertiary/aromatic N) is 2. The third-order valence-corrected chi connectivity index (χ3v) is 6.24. The smallest absolute Gasteiger partial charge is 0.181 e. The Bertz CT molecular complexity index is 1020. The molecule has 1 aliphatic carbocycles. The van der Waals surface area contributed by atoms with E-state index in [0.717, 1.165) is 42.3 Å². The molecule has 0 radical (unpaired) electrons. The Labute approximate surface area is 171 Å². The van der Waals surface area contributed by atoms with Crippen molar-refractivity contribution in [1.29, 1.82) is 0 Å². The molecule has 0 amide bonds. The monoisotopic (exact) mass is 444 g/mol. The zero-order chi connectivity index (χ0) is 19.7. The summed E-state index contributed by atoms with van der Waals surface area (Å²) in [5, 5.41) is 14.6. The van der Waals surface area contributed by atoms with Gasteiger partial charge in [-0.1, -0.05) is 18.9 Å². The highest BCUT2D eigenvalue weighted by Crippen LogP contribution is 2.29. The molecule has 2 heterocycles. The van der Waals surface area contributed by atoms with Gasteiger partial charge in [-0.3, -0.25) is 4.79 Å². The Hall–Kier alpha value is -2.05. The second-order valence-corrected chi connectivity index (χ2v) is 8.39. The topological polar surface area (TPSA) is 54.6 Å². The molecule has 1 N–H and O–H groups in total. The van der Waals surface area contributed by atoms with Crippen LogP contribution in [0.4, 0.5) is 4.39 Å². The molecule has 1 saturated carbocycles. The van der Waals surface area contributed by atoms with Crippen LogP contribution in [-0.4, -0.2) is 26.6 Å². The lowest BCUT2D eigenvalue weighted by molar-refractivity contribution is 0.0580. The molecule has 4 rings (SSSR count). The van der Waals surface area contributed by atoms with Crippen molar-refractivity contribution in [3.63, 3.8) is 0 Å². The molecule has 4 nitrogen and oxygen atoms in total. The standard InChI is InChI=1S/C22H22BrFN2O2/c23-17-8-7-14(11-18(17)24)10-16-12-20(26-19(16)5-3-9-25-26)22(28)13-15-4-1-2-6-21(15)27/h3,5,7-9,11-12,15,21,27H,1-2,4,6,10,13H2/t15-,21+/m1/s1. The molecule has 2 atom stereocenters. The molecule has 0 aliphatic heterocycles. The number of aromatic nitrogens is 2. The van der Waals surface area contributed by atoms with Crippen molar-refractivity contribution in [3.05, 3.63) is 69.7 Å². The lowest BCUT2D eigenvalue weighted by Crippen LogP contribution is -2.27. The van der Waals surface area contributed by atoms with E-state index in [1.54, 1.807) is 16.8 Å². The first kappa shape index (κ1) is 19.3. The van der Waals surface area contributed by atoms with Crippen LogP contribution < -0.4 is 0 Å². The second-order valence-electron chi connectivity index (χ2n) is 7.54. The van der Waals surface area contributed by atoms with Crippen LogP contribution in [0.15, 0.2) is 47.1 Å². The molecular formula is C22H22BrFN2O2. The van der Waals surface area contributed by atoms with Gasteiger partial charge >= 0.3 is 0 Å². The van der Waals surface area contributed by atoms with Gasteiger partial charge in [-0.2, -0.15) is 5.10 Å². The van der Waals surface area contributed by atoms with Crippen molar-refractivity contribution in [2.24, 2.45) is 5.92 Å². The van der Waals surface area contributed by atoms with E-state index in [9.17, 15) is 14.3 Å². The highest BCUT2D eigenvalue weighted by Gasteiger charge is 2.27. The lowest BCUT2D eigenvalue weighted by atomic mass is 9.83. The number of rotatable bonds is 5. The number of hydrogen-bond acceptors (Lipinski definition) is 3. The largest absolute Gasteiger partial charge is 0.393 e. The molecule has 0 unspecified atom stereocenters. The molecule has 1 fully saturated rings. The molecule has 0 bridgehead atoms. The number of halogens is 2. The van der Waals surface area contributed by atoms with Crippen LogP contribution >= 0.6 is 15.9 Å². The summed E-state index contributed by atoms with van der Waals surface area (Å²) in [5.41, 5.74) is 3.14. The minimum atomic E-state index is -0.401. The molecule has 0 saturated heterocycles. The Balaban J connectivity index is 1.64. The van der Waals surface area contributed by atoms with E-state index < -0.39 is 6.10 Å². The molecule has 3 aromatic rings. The molecule has 0 spiro atoms. The van der Waals surface area contributed by atoms with E-state index in [-0.39, 0.29) is 17.5 Å². The number of benzene rings is 1. The van der Waals surface area contributed by atoms with E-state index >= 15 is 0 Å². The maximum Gasteiger partial charge on any atom is 0.181 e. The molecular weight excluding hydrogens is 423 g/mol. The van der Waals surface area contributed by atoms with Crippen molar-refractivity contribution in [2.75, 3.05) is 0 Å². The lowest BCUT2D eigenvalue weighted by Gasteiger charge is -2.26. The van der Waals surface area contributed by atoms with Crippen molar-refractivity contribution >= 4 is 27.2 Å². The maximum atomic E-state index is 13.9. The van der Waals surface area contributed by atoms with E-state index in [4.69, 9.17) is 0 Å². The van der Waals surface area contributed by atoms with Gasteiger partial charge in [0.05, 0.1) is 16.1 Å². The number of ketones is 1. The number of Topliss-reactive ketones (excluding diaryl/α,β-unsaturated/α-hetero) is 1. The summed E-state index contributed by atoms with van der Waals surface area (Å²) in [6, 6.07) is 10.7. The van der Waals surface area contributed by atoms with Crippen molar-refractivity contribution in [1.82, 2.24) is 9.61 Å². The van der Waals surface area contributed by atoms with E-state index in [2.05, 4.69) is 21.0 Å². The summed E-state index contributed by atoms with van der Waals surface area (Å²) in [6.45, 7) is 0. The number of carbonyl (C=O) groups excluding carboxylic acids is 1. The maximum absolute atomic E-state index is 13.9. The molecule has 146 valence electrons. The van der Waals surface area contributed by atoms with Gasteiger partial charge in [-0.15, -0.1) is 0 Å². The van der Waals surface area contributed by atoms with Gasteiger partial charge in [0.2, 0.25) is 0 Å². The van der Waals surface area contributed by atoms with Crippen LogP contribution in [0.3, 0.4) is 0 Å². The summed E-state index contributed by atoms with van der Waals surface area (Å²) < 4.78 is 16.0. The first-order valence-corrected chi connectivity index (χ1v) is 10.4. The highest BCUT2D eigenvalue weighted by molar-refractivity contribution is 9.10. The van der Waals surface area contributed by atoms with Crippen molar-refractivity contribution in [3.8, 4) is 0 Å². The Kier molecular flexibility index (Phi) is 5.60. The Morgan fingerprint density at radius 1 is 1.25 bits per heavy atom. The summed E-state index contributed by atoms with van der Waals surface area (Å²) in [6.07, 6.45) is 5.83. The number of aliphatic hydroxyl groups is 1. The Morgan fingerprint density at radius 2 is 2.07 bits per heavy atom. The predicted molar refractivity (Wildman–Crippen MR) is 109 cm³/mol. The van der Waals surface area contributed by atoms with Crippen LogP contribution in [0, 0.1) is 11.7 Å². The van der Waals surface area contributed by atoms with Gasteiger partial charge in [-0.05, 0) is 82.6 Å². The average molecular weight is 445 g/mol. The fourth-order valence-electron chi connectivity index (χ4n) is 4.09. The van der Waals surface area contributed by atoms with Crippen molar-refractivity contribution < 1.29 is 14.3 Å². The van der Waals surface area contributed by atoms with Gasteiger partial charge in [0, 0.05) is 12.6 Å². The number of fused-ring (bicyclic) bond motifs is 1. The van der Waals surface area contributed by atoms with Gasteiger partial charge < -0.3 is 5.11 Å². The zero-order valence-corrected chi connectivity index (χ0v) is 17.0. The first-order chi connectivity index (χ1) is 13.5. The number of aliphatic hydroxyl groups excluding tert-OH is 1. The SMILES string of the molecule is O=C(C[C@H]1CCCC[C@@H]1O)c1cc(Cc2ccc(Br)c(F)c2)c2cccnn12. The fraction of sp³-hybridized carbons (Fsp3) is 0.364. The minimum absolute atomic E-state index is 0.00659. The molecule has 1 aliphatic rings. The van der Waals surface area contributed by atoms with Gasteiger partial charge in [-0.25, -0.2) is 8.91 Å². The van der Waals surface area contributed by atoms with Gasteiger partial charge in [0.25, 0.3) is 0 Å².